The second kappa shape index (κ2) is 6.27. The molecule has 0 amide bonds. The van der Waals surface area contributed by atoms with Crippen LogP contribution in [-0.2, 0) is 0 Å². The molecule has 0 fully saturated rings. The second-order valence-corrected chi connectivity index (χ2v) is 4.67. The fourth-order valence-electron chi connectivity index (χ4n) is 1.79. The molecule has 17 heavy (non-hydrogen) atoms. The minimum absolute atomic E-state index is 0.156. The summed E-state index contributed by atoms with van der Waals surface area (Å²) in [6.07, 6.45) is 0.691. The van der Waals surface area contributed by atoms with Crippen molar-refractivity contribution in [3.8, 4) is 6.07 Å². The van der Waals surface area contributed by atoms with Gasteiger partial charge in [-0.25, -0.2) is 0 Å². The Kier molecular flexibility index (Phi) is 4.99. The maximum Gasteiger partial charge on any atom is 0.101 e. The molecule has 1 aromatic carbocycles. The predicted molar refractivity (Wildman–Crippen MR) is 69.8 cm³/mol. The Morgan fingerprint density at radius 1 is 1.41 bits per heavy atom. The van der Waals surface area contributed by atoms with Crippen LogP contribution in [0.3, 0.4) is 0 Å². The predicted octanol–water partition coefficient (Wildman–Crippen LogP) is 2.69. The van der Waals surface area contributed by atoms with E-state index in [0.29, 0.717) is 17.9 Å². The Hall–Kier alpha value is -1.53. The van der Waals surface area contributed by atoms with Crippen molar-refractivity contribution in [2.75, 3.05) is 11.9 Å². The largest absolute Gasteiger partial charge is 0.396 e. The molecule has 0 aliphatic rings. The lowest BCUT2D eigenvalue weighted by atomic mass is 10.00. The van der Waals surface area contributed by atoms with Crippen LogP contribution in [0, 0.1) is 24.2 Å². The Bertz CT molecular complexity index is 407. The number of aliphatic hydroxyl groups is 1. The molecular formula is C14H20N2O. The van der Waals surface area contributed by atoms with Crippen LogP contribution in [0.4, 0.5) is 5.69 Å². The molecular weight excluding hydrogens is 212 g/mol. The van der Waals surface area contributed by atoms with Crippen molar-refractivity contribution in [2.24, 2.45) is 5.92 Å². The Balaban J connectivity index is 2.89. The third-order valence-electron chi connectivity index (χ3n) is 2.88. The normalized spacial score (nSPS) is 12.2. The molecule has 0 saturated heterocycles. The number of rotatable bonds is 5. The number of hydrogen-bond donors (Lipinski definition) is 2. The van der Waals surface area contributed by atoms with Gasteiger partial charge in [-0.15, -0.1) is 0 Å². The van der Waals surface area contributed by atoms with Crippen LogP contribution in [0.1, 0.15) is 31.4 Å². The van der Waals surface area contributed by atoms with Gasteiger partial charge in [0, 0.05) is 12.6 Å². The summed E-state index contributed by atoms with van der Waals surface area (Å²) < 4.78 is 0. The molecule has 1 rings (SSSR count). The molecule has 1 atom stereocenters. The fraction of sp³-hybridized carbons (Fsp3) is 0.500. The highest BCUT2D eigenvalue weighted by Gasteiger charge is 2.14. The van der Waals surface area contributed by atoms with Crippen LogP contribution < -0.4 is 5.32 Å². The van der Waals surface area contributed by atoms with Gasteiger partial charge in [0.05, 0.1) is 11.3 Å². The molecule has 0 aromatic heterocycles. The first-order valence-corrected chi connectivity index (χ1v) is 5.96. The van der Waals surface area contributed by atoms with Gasteiger partial charge in [0.1, 0.15) is 6.07 Å². The molecule has 0 aliphatic heterocycles. The van der Waals surface area contributed by atoms with Crippen molar-refractivity contribution in [3.05, 3.63) is 29.3 Å². The average Bonchev–Trinajstić information content (AvgIpc) is 2.30. The van der Waals surface area contributed by atoms with Gasteiger partial charge in [-0.05, 0) is 37.0 Å². The van der Waals surface area contributed by atoms with E-state index in [-0.39, 0.29) is 12.6 Å². The van der Waals surface area contributed by atoms with E-state index in [1.807, 2.05) is 25.1 Å². The van der Waals surface area contributed by atoms with Crippen LogP contribution >= 0.6 is 0 Å². The van der Waals surface area contributed by atoms with Gasteiger partial charge in [0.2, 0.25) is 0 Å². The van der Waals surface area contributed by atoms with Crippen LogP contribution in [0.25, 0.3) is 0 Å². The summed E-state index contributed by atoms with van der Waals surface area (Å²) in [6.45, 7) is 6.34. The third kappa shape index (κ3) is 3.76. The zero-order chi connectivity index (χ0) is 12.8. The SMILES string of the molecule is Cc1ccc(NC(CCO)C(C)C)c(C#N)c1. The van der Waals surface area contributed by atoms with Crippen molar-refractivity contribution in [2.45, 2.75) is 33.2 Å². The molecule has 0 spiro atoms. The van der Waals surface area contributed by atoms with Crippen LogP contribution in [-0.4, -0.2) is 17.8 Å². The topological polar surface area (TPSA) is 56.0 Å². The van der Waals surface area contributed by atoms with E-state index >= 15 is 0 Å². The summed E-state index contributed by atoms with van der Waals surface area (Å²) in [6, 6.07) is 8.18. The molecule has 0 bridgehead atoms. The van der Waals surface area contributed by atoms with Crippen molar-refractivity contribution >= 4 is 5.69 Å². The number of benzene rings is 1. The van der Waals surface area contributed by atoms with Crippen LogP contribution in [0.5, 0.6) is 0 Å². The highest BCUT2D eigenvalue weighted by atomic mass is 16.3. The summed E-state index contributed by atoms with van der Waals surface area (Å²) in [5.41, 5.74) is 2.59. The number of nitriles is 1. The van der Waals surface area contributed by atoms with Gasteiger partial charge in [-0.2, -0.15) is 5.26 Å². The fourth-order valence-corrected chi connectivity index (χ4v) is 1.79. The third-order valence-corrected chi connectivity index (χ3v) is 2.88. The van der Waals surface area contributed by atoms with Crippen molar-refractivity contribution in [1.29, 1.82) is 5.26 Å². The maximum atomic E-state index is 9.08. The molecule has 3 nitrogen and oxygen atoms in total. The Morgan fingerprint density at radius 2 is 2.12 bits per heavy atom. The van der Waals surface area contributed by atoms with E-state index in [4.69, 9.17) is 10.4 Å². The lowest BCUT2D eigenvalue weighted by Crippen LogP contribution is -2.27. The smallest absolute Gasteiger partial charge is 0.101 e. The van der Waals surface area contributed by atoms with Gasteiger partial charge in [-0.1, -0.05) is 19.9 Å². The molecule has 0 aliphatic carbocycles. The zero-order valence-corrected chi connectivity index (χ0v) is 10.7. The summed E-state index contributed by atoms with van der Waals surface area (Å²) in [5.74, 6) is 0.412. The lowest BCUT2D eigenvalue weighted by Gasteiger charge is -2.23. The Morgan fingerprint density at radius 3 is 2.65 bits per heavy atom. The quantitative estimate of drug-likeness (QED) is 0.820. The highest BCUT2D eigenvalue weighted by Crippen LogP contribution is 2.20. The first-order chi connectivity index (χ1) is 8.08. The van der Waals surface area contributed by atoms with Crippen molar-refractivity contribution in [1.82, 2.24) is 0 Å². The number of nitrogens with one attached hydrogen (secondary N) is 1. The first kappa shape index (κ1) is 13.5. The van der Waals surface area contributed by atoms with Crippen molar-refractivity contribution in [3.63, 3.8) is 0 Å². The minimum atomic E-state index is 0.156. The standard InChI is InChI=1S/C14H20N2O/c1-10(2)13(6-7-17)16-14-5-4-11(3)8-12(14)9-15/h4-5,8,10,13,16-17H,6-7H2,1-3H3. The van der Waals surface area contributed by atoms with Crippen molar-refractivity contribution < 1.29 is 5.11 Å². The molecule has 2 N–H and O–H groups in total. The van der Waals surface area contributed by atoms with E-state index in [0.717, 1.165) is 11.3 Å². The summed E-state index contributed by atoms with van der Waals surface area (Å²) in [4.78, 5) is 0. The minimum Gasteiger partial charge on any atom is -0.396 e. The van der Waals surface area contributed by atoms with Crippen LogP contribution in [0.15, 0.2) is 18.2 Å². The number of aryl methyl sites for hydroxylation is 1. The highest BCUT2D eigenvalue weighted by molar-refractivity contribution is 5.59. The van der Waals surface area contributed by atoms with E-state index < -0.39 is 0 Å². The molecule has 0 heterocycles. The molecule has 1 aromatic rings. The van der Waals surface area contributed by atoms with Gasteiger partial charge in [0.15, 0.2) is 0 Å². The monoisotopic (exact) mass is 232 g/mol. The zero-order valence-electron chi connectivity index (χ0n) is 10.7. The number of anilines is 1. The van der Waals surface area contributed by atoms with E-state index in [2.05, 4.69) is 25.2 Å². The number of hydrogen-bond acceptors (Lipinski definition) is 3. The van der Waals surface area contributed by atoms with Gasteiger partial charge >= 0.3 is 0 Å². The average molecular weight is 232 g/mol. The number of aliphatic hydroxyl groups excluding tert-OH is 1. The lowest BCUT2D eigenvalue weighted by molar-refractivity contribution is 0.267. The van der Waals surface area contributed by atoms with Gasteiger partial charge in [-0.3, -0.25) is 0 Å². The summed E-state index contributed by atoms with van der Waals surface area (Å²) in [7, 11) is 0. The van der Waals surface area contributed by atoms with E-state index in [9.17, 15) is 0 Å². The molecule has 92 valence electrons. The van der Waals surface area contributed by atoms with E-state index in [1.165, 1.54) is 0 Å². The van der Waals surface area contributed by atoms with E-state index in [1.54, 1.807) is 0 Å². The van der Waals surface area contributed by atoms with Crippen LogP contribution in [0.2, 0.25) is 0 Å². The van der Waals surface area contributed by atoms with Gasteiger partial charge < -0.3 is 10.4 Å². The molecule has 0 saturated carbocycles. The second-order valence-electron chi connectivity index (χ2n) is 4.67. The Labute approximate surface area is 103 Å². The summed E-state index contributed by atoms with van der Waals surface area (Å²) >= 11 is 0. The first-order valence-electron chi connectivity index (χ1n) is 5.96. The van der Waals surface area contributed by atoms with Gasteiger partial charge in [0.25, 0.3) is 0 Å². The molecule has 1 unspecified atom stereocenters. The summed E-state index contributed by atoms with van der Waals surface area (Å²) in [5, 5.41) is 21.5. The molecule has 3 heteroatoms. The maximum absolute atomic E-state index is 9.08. The number of nitrogens with zero attached hydrogens (tertiary/aromatic N) is 1. The molecule has 0 radical (unpaired) electrons.